The van der Waals surface area contributed by atoms with Crippen LogP contribution in [0.5, 0.6) is 0 Å². The van der Waals surface area contributed by atoms with Gasteiger partial charge in [-0.05, 0) is 51.9 Å². The van der Waals surface area contributed by atoms with Gasteiger partial charge in [-0.2, -0.15) is 0 Å². The van der Waals surface area contributed by atoms with Crippen LogP contribution in [0.25, 0.3) is 0 Å². The average Bonchev–Trinajstić information content (AvgIpc) is 2.63. The summed E-state index contributed by atoms with van der Waals surface area (Å²) in [6.45, 7) is 5.81. The number of alkyl carbamates (subject to hydrolysis) is 1. The molecule has 0 heterocycles. The van der Waals surface area contributed by atoms with Crippen molar-refractivity contribution in [3.8, 4) is 0 Å². The van der Waals surface area contributed by atoms with Crippen LogP contribution < -0.4 is 5.32 Å². The summed E-state index contributed by atoms with van der Waals surface area (Å²) in [5, 5.41) is 12.1. The third-order valence-electron chi connectivity index (χ3n) is 3.51. The lowest BCUT2D eigenvalue weighted by molar-refractivity contribution is 0.0490. The van der Waals surface area contributed by atoms with E-state index in [1.165, 1.54) is 0 Å². The van der Waals surface area contributed by atoms with Crippen LogP contribution in [0.4, 0.5) is 4.79 Å². The predicted molar refractivity (Wildman–Crippen MR) is 60.0 cm³/mol. The van der Waals surface area contributed by atoms with Crippen LogP contribution in [0, 0.1) is 11.8 Å². The van der Waals surface area contributed by atoms with Gasteiger partial charge in [0, 0.05) is 12.1 Å². The van der Waals surface area contributed by atoms with E-state index in [0.29, 0.717) is 11.8 Å². The van der Waals surface area contributed by atoms with Crippen molar-refractivity contribution in [2.45, 2.75) is 51.2 Å². The van der Waals surface area contributed by atoms with Gasteiger partial charge in [0.1, 0.15) is 5.60 Å². The highest BCUT2D eigenvalue weighted by Crippen LogP contribution is 2.57. The molecular formula is C12H21NO3. The number of carbonyl (C=O) groups is 1. The molecular weight excluding hydrogens is 206 g/mol. The molecule has 0 radical (unpaired) electrons. The molecule has 0 aromatic carbocycles. The molecule has 2 rings (SSSR count). The van der Waals surface area contributed by atoms with Crippen LogP contribution in [-0.4, -0.2) is 28.9 Å². The second-order valence-electron chi connectivity index (χ2n) is 6.17. The zero-order chi connectivity index (χ0) is 12.0. The molecule has 4 nitrogen and oxygen atoms in total. The van der Waals surface area contributed by atoms with Gasteiger partial charge >= 0.3 is 6.09 Å². The van der Waals surface area contributed by atoms with E-state index in [9.17, 15) is 4.79 Å². The molecule has 2 aliphatic rings. The SMILES string of the molecule is CC(C)(C)OC(=O)N[C@]12C[C@H](CO)C[C@H]1C2. The van der Waals surface area contributed by atoms with Gasteiger partial charge in [0.25, 0.3) is 0 Å². The average molecular weight is 227 g/mol. The molecule has 2 N–H and O–H groups in total. The fourth-order valence-electron chi connectivity index (χ4n) is 2.79. The van der Waals surface area contributed by atoms with Crippen molar-refractivity contribution in [1.82, 2.24) is 5.32 Å². The minimum atomic E-state index is -0.444. The number of hydrogen-bond donors (Lipinski definition) is 2. The molecule has 92 valence electrons. The van der Waals surface area contributed by atoms with Crippen molar-refractivity contribution < 1.29 is 14.6 Å². The van der Waals surface area contributed by atoms with Gasteiger partial charge in [-0.25, -0.2) is 4.79 Å². The molecule has 3 atom stereocenters. The highest BCUT2D eigenvalue weighted by molar-refractivity contribution is 5.69. The molecule has 2 aliphatic carbocycles. The molecule has 0 unspecified atom stereocenters. The molecule has 16 heavy (non-hydrogen) atoms. The lowest BCUT2D eigenvalue weighted by Gasteiger charge is -2.23. The number of hydrogen-bond acceptors (Lipinski definition) is 3. The first-order valence-corrected chi connectivity index (χ1v) is 5.97. The molecule has 2 saturated carbocycles. The van der Waals surface area contributed by atoms with E-state index in [1.807, 2.05) is 20.8 Å². The smallest absolute Gasteiger partial charge is 0.408 e. The van der Waals surface area contributed by atoms with E-state index in [-0.39, 0.29) is 18.2 Å². The number of aliphatic hydroxyl groups excluding tert-OH is 1. The number of fused-ring (bicyclic) bond motifs is 1. The first-order chi connectivity index (χ1) is 7.35. The fourth-order valence-corrected chi connectivity index (χ4v) is 2.79. The Labute approximate surface area is 96.4 Å². The Balaban J connectivity index is 1.85. The quantitative estimate of drug-likeness (QED) is 0.754. The number of amides is 1. The molecule has 0 spiro atoms. The van der Waals surface area contributed by atoms with Gasteiger partial charge in [0.05, 0.1) is 0 Å². The molecule has 0 bridgehead atoms. The maximum absolute atomic E-state index is 11.6. The topological polar surface area (TPSA) is 58.6 Å². The van der Waals surface area contributed by atoms with Gasteiger partial charge < -0.3 is 15.2 Å². The third-order valence-corrected chi connectivity index (χ3v) is 3.51. The minimum Gasteiger partial charge on any atom is -0.444 e. The van der Waals surface area contributed by atoms with Gasteiger partial charge in [-0.15, -0.1) is 0 Å². The zero-order valence-electron chi connectivity index (χ0n) is 10.2. The highest BCUT2D eigenvalue weighted by Gasteiger charge is 2.61. The number of rotatable bonds is 2. The summed E-state index contributed by atoms with van der Waals surface area (Å²) in [6.07, 6.45) is 2.65. The Hall–Kier alpha value is -0.770. The summed E-state index contributed by atoms with van der Waals surface area (Å²) in [6, 6.07) is 0. The predicted octanol–water partition coefficient (Wildman–Crippen LogP) is 1.67. The molecule has 0 aromatic heterocycles. The third kappa shape index (κ3) is 2.32. The van der Waals surface area contributed by atoms with E-state index in [1.54, 1.807) is 0 Å². The Bertz CT molecular complexity index is 297. The molecule has 0 aliphatic heterocycles. The highest BCUT2D eigenvalue weighted by atomic mass is 16.6. The van der Waals surface area contributed by atoms with Crippen LogP contribution in [0.1, 0.15) is 40.0 Å². The van der Waals surface area contributed by atoms with Gasteiger partial charge in [0.2, 0.25) is 0 Å². The van der Waals surface area contributed by atoms with E-state index in [0.717, 1.165) is 19.3 Å². The van der Waals surface area contributed by atoms with Crippen LogP contribution in [0.3, 0.4) is 0 Å². The Morgan fingerprint density at radius 2 is 2.19 bits per heavy atom. The van der Waals surface area contributed by atoms with Gasteiger partial charge in [-0.3, -0.25) is 0 Å². The van der Waals surface area contributed by atoms with E-state index >= 15 is 0 Å². The summed E-state index contributed by atoms with van der Waals surface area (Å²) < 4.78 is 5.25. The molecule has 0 aromatic rings. The molecule has 4 heteroatoms. The molecule has 1 amide bonds. The second-order valence-corrected chi connectivity index (χ2v) is 6.17. The van der Waals surface area contributed by atoms with E-state index in [2.05, 4.69) is 5.32 Å². The van der Waals surface area contributed by atoms with Crippen molar-refractivity contribution in [2.24, 2.45) is 11.8 Å². The maximum atomic E-state index is 11.6. The van der Waals surface area contributed by atoms with Crippen molar-refractivity contribution in [2.75, 3.05) is 6.61 Å². The van der Waals surface area contributed by atoms with Crippen LogP contribution >= 0.6 is 0 Å². The summed E-state index contributed by atoms with van der Waals surface area (Å²) in [5.41, 5.74) is -0.504. The van der Waals surface area contributed by atoms with Crippen molar-refractivity contribution in [1.29, 1.82) is 0 Å². The monoisotopic (exact) mass is 227 g/mol. The number of ether oxygens (including phenoxy) is 1. The van der Waals surface area contributed by atoms with E-state index in [4.69, 9.17) is 9.84 Å². The van der Waals surface area contributed by atoms with Crippen molar-refractivity contribution >= 4 is 6.09 Å². The fraction of sp³-hybridized carbons (Fsp3) is 0.917. The van der Waals surface area contributed by atoms with E-state index < -0.39 is 5.60 Å². The van der Waals surface area contributed by atoms with Crippen molar-refractivity contribution in [3.63, 3.8) is 0 Å². The standard InChI is InChI=1S/C12H21NO3/c1-11(2,3)16-10(15)13-12-5-8(7-14)4-9(12)6-12/h8-9,14H,4-7H2,1-3H3,(H,13,15)/t8-,9+,12+/m1/s1. The van der Waals surface area contributed by atoms with Crippen molar-refractivity contribution in [3.05, 3.63) is 0 Å². The minimum absolute atomic E-state index is 0.0598. The summed E-state index contributed by atoms with van der Waals surface area (Å²) >= 11 is 0. The first-order valence-electron chi connectivity index (χ1n) is 5.97. The lowest BCUT2D eigenvalue weighted by Crippen LogP contribution is -2.41. The first kappa shape index (κ1) is 11.7. The molecule has 2 fully saturated rings. The lowest BCUT2D eigenvalue weighted by atomic mass is 10.0. The number of nitrogens with one attached hydrogen (secondary N) is 1. The zero-order valence-corrected chi connectivity index (χ0v) is 10.2. The van der Waals surface area contributed by atoms with Crippen LogP contribution in [0.15, 0.2) is 0 Å². The Morgan fingerprint density at radius 1 is 1.50 bits per heavy atom. The number of carbonyl (C=O) groups excluding carboxylic acids is 1. The Kier molecular flexibility index (Phi) is 2.65. The Morgan fingerprint density at radius 3 is 2.69 bits per heavy atom. The largest absolute Gasteiger partial charge is 0.444 e. The molecule has 0 saturated heterocycles. The summed E-state index contributed by atoms with van der Waals surface area (Å²) in [7, 11) is 0. The maximum Gasteiger partial charge on any atom is 0.408 e. The summed E-state index contributed by atoms with van der Waals surface area (Å²) in [4.78, 5) is 11.6. The van der Waals surface area contributed by atoms with Gasteiger partial charge in [-0.1, -0.05) is 0 Å². The summed E-state index contributed by atoms with van der Waals surface area (Å²) in [5.74, 6) is 0.908. The second kappa shape index (κ2) is 3.62. The normalized spacial score (nSPS) is 36.8. The number of aliphatic hydroxyl groups is 1. The van der Waals surface area contributed by atoms with Gasteiger partial charge in [0.15, 0.2) is 0 Å². The van der Waals surface area contributed by atoms with Crippen LogP contribution in [-0.2, 0) is 4.74 Å². The van der Waals surface area contributed by atoms with Crippen LogP contribution in [0.2, 0.25) is 0 Å².